The maximum absolute atomic E-state index is 13.0. The van der Waals surface area contributed by atoms with Crippen LogP contribution in [0.1, 0.15) is 15.9 Å². The second kappa shape index (κ2) is 9.61. The molecule has 0 spiro atoms. The number of methoxy groups -OCH3 is 2. The molecule has 4 rings (SSSR count). The third kappa shape index (κ3) is 4.33. The van der Waals surface area contributed by atoms with Gasteiger partial charge in [-0.1, -0.05) is 30.0 Å². The van der Waals surface area contributed by atoms with Crippen LogP contribution in [0.25, 0.3) is 5.69 Å². The maximum Gasteiger partial charge on any atom is 0.256 e. The van der Waals surface area contributed by atoms with E-state index in [2.05, 4.69) is 15.4 Å². The Hall–Kier alpha value is -3.72. The van der Waals surface area contributed by atoms with Gasteiger partial charge >= 0.3 is 0 Å². The Labute approximate surface area is 190 Å². The van der Waals surface area contributed by atoms with Crippen molar-refractivity contribution < 1.29 is 14.3 Å². The first kappa shape index (κ1) is 21.5. The molecule has 2 aromatic carbocycles. The summed E-state index contributed by atoms with van der Waals surface area (Å²) in [6.45, 7) is 0.412. The minimum atomic E-state index is -0.225. The van der Waals surface area contributed by atoms with E-state index in [4.69, 9.17) is 9.47 Å². The molecule has 0 fully saturated rings. The SMILES string of the molecule is COc1cccc(Cn2nccc2NC(=O)c2cccc(-n3ccnc3SC)c2)c1OC. The van der Waals surface area contributed by atoms with Gasteiger partial charge in [-0.3, -0.25) is 9.36 Å². The molecule has 1 N–H and O–H groups in total. The number of nitrogens with zero attached hydrogens (tertiary/aromatic N) is 4. The molecule has 0 saturated carbocycles. The van der Waals surface area contributed by atoms with E-state index in [1.54, 1.807) is 55.2 Å². The molecule has 0 aliphatic rings. The van der Waals surface area contributed by atoms with Gasteiger partial charge in [0.25, 0.3) is 5.91 Å². The number of para-hydroxylation sites is 1. The first-order valence-corrected chi connectivity index (χ1v) is 11.1. The van der Waals surface area contributed by atoms with Crippen LogP contribution in [0.4, 0.5) is 5.82 Å². The highest BCUT2D eigenvalue weighted by Gasteiger charge is 2.15. The van der Waals surface area contributed by atoms with Crippen LogP contribution in [0.5, 0.6) is 11.5 Å². The number of nitrogens with one attached hydrogen (secondary N) is 1. The summed E-state index contributed by atoms with van der Waals surface area (Å²) in [5, 5.41) is 8.17. The number of amides is 1. The second-order valence-corrected chi connectivity index (χ2v) is 7.59. The van der Waals surface area contributed by atoms with Crippen LogP contribution in [0.3, 0.4) is 0 Å². The summed E-state index contributed by atoms with van der Waals surface area (Å²) in [5.74, 6) is 1.64. The van der Waals surface area contributed by atoms with Crippen LogP contribution >= 0.6 is 11.8 Å². The van der Waals surface area contributed by atoms with E-state index in [1.807, 2.05) is 53.4 Å². The molecule has 164 valence electrons. The molecule has 0 saturated heterocycles. The number of imidazole rings is 1. The fourth-order valence-corrected chi connectivity index (χ4v) is 3.96. The van der Waals surface area contributed by atoms with Gasteiger partial charge in [-0.25, -0.2) is 9.67 Å². The molecule has 0 aliphatic carbocycles. The van der Waals surface area contributed by atoms with Crippen molar-refractivity contribution in [3.63, 3.8) is 0 Å². The van der Waals surface area contributed by atoms with Crippen molar-refractivity contribution in [3.8, 4) is 17.2 Å². The molecule has 32 heavy (non-hydrogen) atoms. The molecule has 0 bridgehead atoms. The number of hydrogen-bond acceptors (Lipinski definition) is 6. The lowest BCUT2D eigenvalue weighted by Gasteiger charge is -2.14. The lowest BCUT2D eigenvalue weighted by atomic mass is 10.2. The highest BCUT2D eigenvalue weighted by atomic mass is 32.2. The van der Waals surface area contributed by atoms with Crippen molar-refractivity contribution in [2.24, 2.45) is 0 Å². The van der Waals surface area contributed by atoms with Crippen LogP contribution in [-0.4, -0.2) is 45.7 Å². The average molecular weight is 450 g/mol. The summed E-state index contributed by atoms with van der Waals surface area (Å²) in [5.41, 5.74) is 2.29. The van der Waals surface area contributed by atoms with Crippen molar-refractivity contribution in [3.05, 3.63) is 78.2 Å². The average Bonchev–Trinajstić information content (AvgIpc) is 3.48. The van der Waals surface area contributed by atoms with E-state index in [1.165, 1.54) is 0 Å². The smallest absolute Gasteiger partial charge is 0.256 e. The highest BCUT2D eigenvalue weighted by molar-refractivity contribution is 7.98. The van der Waals surface area contributed by atoms with Crippen LogP contribution in [-0.2, 0) is 6.54 Å². The maximum atomic E-state index is 13.0. The fourth-order valence-electron chi connectivity index (χ4n) is 3.43. The van der Waals surface area contributed by atoms with Crippen LogP contribution in [0.2, 0.25) is 0 Å². The van der Waals surface area contributed by atoms with E-state index >= 15 is 0 Å². The first-order valence-electron chi connectivity index (χ1n) is 9.85. The van der Waals surface area contributed by atoms with Gasteiger partial charge in [0.05, 0.1) is 27.0 Å². The van der Waals surface area contributed by atoms with Crippen LogP contribution in [0.15, 0.2) is 72.3 Å². The van der Waals surface area contributed by atoms with Crippen molar-refractivity contribution in [1.82, 2.24) is 19.3 Å². The molecule has 8 nitrogen and oxygen atoms in total. The van der Waals surface area contributed by atoms with Crippen LogP contribution in [0, 0.1) is 0 Å². The molecule has 0 unspecified atom stereocenters. The Balaban J connectivity index is 1.55. The van der Waals surface area contributed by atoms with Crippen molar-refractivity contribution in [2.75, 3.05) is 25.8 Å². The van der Waals surface area contributed by atoms with Gasteiger partial charge in [-0.05, 0) is 30.5 Å². The predicted octanol–water partition coefficient (Wildman–Crippen LogP) is 4.11. The molecular weight excluding hydrogens is 426 g/mol. The monoisotopic (exact) mass is 449 g/mol. The topological polar surface area (TPSA) is 83.2 Å². The van der Waals surface area contributed by atoms with E-state index in [-0.39, 0.29) is 5.91 Å². The Morgan fingerprint density at radius 2 is 1.94 bits per heavy atom. The van der Waals surface area contributed by atoms with E-state index < -0.39 is 0 Å². The lowest BCUT2D eigenvalue weighted by molar-refractivity contribution is 0.102. The third-order valence-corrected chi connectivity index (χ3v) is 5.61. The summed E-state index contributed by atoms with van der Waals surface area (Å²) in [7, 11) is 3.20. The van der Waals surface area contributed by atoms with Gasteiger partial charge in [0, 0.05) is 35.3 Å². The van der Waals surface area contributed by atoms with Gasteiger partial charge in [-0.15, -0.1) is 0 Å². The molecule has 9 heteroatoms. The molecule has 2 heterocycles. The normalized spacial score (nSPS) is 10.7. The number of thioether (sulfide) groups is 1. The Bertz CT molecular complexity index is 1230. The quantitative estimate of drug-likeness (QED) is 0.408. The summed E-state index contributed by atoms with van der Waals surface area (Å²) in [6, 6.07) is 14.8. The fraction of sp³-hybridized carbons (Fsp3) is 0.174. The minimum Gasteiger partial charge on any atom is -0.493 e. The van der Waals surface area contributed by atoms with Crippen molar-refractivity contribution >= 4 is 23.5 Å². The first-order chi connectivity index (χ1) is 15.6. The van der Waals surface area contributed by atoms with Gasteiger partial charge < -0.3 is 14.8 Å². The Kier molecular flexibility index (Phi) is 6.46. The number of benzene rings is 2. The van der Waals surface area contributed by atoms with E-state index in [9.17, 15) is 4.79 Å². The van der Waals surface area contributed by atoms with Gasteiger partial charge in [0.15, 0.2) is 16.7 Å². The molecule has 0 radical (unpaired) electrons. The van der Waals surface area contributed by atoms with E-state index in [0.717, 1.165) is 16.4 Å². The summed E-state index contributed by atoms with van der Waals surface area (Å²) < 4.78 is 14.5. The summed E-state index contributed by atoms with van der Waals surface area (Å²) in [4.78, 5) is 17.3. The zero-order valence-electron chi connectivity index (χ0n) is 18.0. The van der Waals surface area contributed by atoms with Crippen molar-refractivity contribution in [2.45, 2.75) is 11.7 Å². The molecule has 2 aromatic heterocycles. The van der Waals surface area contributed by atoms with Gasteiger partial charge in [-0.2, -0.15) is 5.10 Å². The molecule has 0 atom stereocenters. The minimum absolute atomic E-state index is 0.225. The summed E-state index contributed by atoms with van der Waals surface area (Å²) in [6.07, 6.45) is 7.23. The van der Waals surface area contributed by atoms with Crippen LogP contribution < -0.4 is 14.8 Å². The zero-order chi connectivity index (χ0) is 22.5. The lowest BCUT2D eigenvalue weighted by Crippen LogP contribution is -2.16. The standard InChI is InChI=1S/C23H23N5O3S/c1-30-19-9-5-7-17(21(19)31-2)15-28-20(10-11-25-28)26-22(29)16-6-4-8-18(14-16)27-13-12-24-23(27)32-3/h4-14H,15H2,1-3H3,(H,26,29). The largest absolute Gasteiger partial charge is 0.493 e. The number of aromatic nitrogens is 4. The number of carbonyl (C=O) groups excluding carboxylic acids is 1. The number of carbonyl (C=O) groups is 1. The Morgan fingerprint density at radius 1 is 1.09 bits per heavy atom. The summed E-state index contributed by atoms with van der Waals surface area (Å²) >= 11 is 1.54. The molecule has 4 aromatic rings. The van der Waals surface area contributed by atoms with Gasteiger partial charge in [0.2, 0.25) is 0 Å². The highest BCUT2D eigenvalue weighted by Crippen LogP contribution is 2.31. The number of rotatable bonds is 8. The third-order valence-electron chi connectivity index (χ3n) is 4.94. The number of hydrogen-bond donors (Lipinski definition) is 1. The second-order valence-electron chi connectivity index (χ2n) is 6.82. The number of ether oxygens (including phenoxy) is 2. The van der Waals surface area contributed by atoms with Crippen molar-refractivity contribution in [1.29, 1.82) is 0 Å². The predicted molar refractivity (Wildman–Crippen MR) is 124 cm³/mol. The Morgan fingerprint density at radius 3 is 2.72 bits per heavy atom. The zero-order valence-corrected chi connectivity index (χ0v) is 18.8. The van der Waals surface area contributed by atoms with Gasteiger partial charge in [0.1, 0.15) is 5.82 Å². The molecule has 0 aliphatic heterocycles. The molecular formula is C23H23N5O3S. The molecule has 1 amide bonds. The van der Waals surface area contributed by atoms with E-state index in [0.29, 0.717) is 29.4 Å². The number of anilines is 1.